The average Bonchev–Trinajstić information content (AvgIpc) is 3.71. The summed E-state index contributed by atoms with van der Waals surface area (Å²) in [5, 5.41) is 22.8. The Kier molecular flexibility index (Phi) is 10.6. The second kappa shape index (κ2) is 15.2. The molecule has 1 aliphatic carbocycles. The Balaban J connectivity index is 1.30. The lowest BCUT2D eigenvalue weighted by Gasteiger charge is -2.46. The molecular formula is C42H47BN2O7Si. The van der Waals surface area contributed by atoms with Crippen molar-refractivity contribution in [2.24, 2.45) is 17.8 Å². The minimum absolute atomic E-state index is 0.180. The molecule has 2 aromatic heterocycles. The Bertz CT molecular complexity index is 1950. The van der Waals surface area contributed by atoms with E-state index < -0.39 is 33.4 Å². The lowest BCUT2D eigenvalue weighted by atomic mass is 9.58. The molecule has 2 amide bonds. The predicted octanol–water partition coefficient (Wildman–Crippen LogP) is 5.49. The molecule has 4 aromatic rings. The number of hydrogen-bond acceptors (Lipinski definition) is 8. The van der Waals surface area contributed by atoms with Gasteiger partial charge in [-0.1, -0.05) is 87.5 Å². The predicted molar refractivity (Wildman–Crippen MR) is 207 cm³/mol. The summed E-state index contributed by atoms with van der Waals surface area (Å²) in [6.07, 6.45) is 4.74. The van der Waals surface area contributed by atoms with Crippen LogP contribution in [0.1, 0.15) is 57.2 Å². The molecule has 0 bridgehead atoms. The molecule has 53 heavy (non-hydrogen) atoms. The first-order valence-corrected chi connectivity index (χ1v) is 20.4. The topological polar surface area (TPSA) is 122 Å². The number of aliphatic hydroxyl groups is 1. The van der Waals surface area contributed by atoms with Gasteiger partial charge in [0.2, 0.25) is 11.8 Å². The van der Waals surface area contributed by atoms with E-state index in [-0.39, 0.29) is 42.3 Å². The van der Waals surface area contributed by atoms with Gasteiger partial charge in [0.25, 0.3) is 8.32 Å². The zero-order valence-corrected chi connectivity index (χ0v) is 31.8. The molecule has 3 aliphatic rings. The quantitative estimate of drug-likeness (QED) is 0.118. The van der Waals surface area contributed by atoms with Gasteiger partial charge < -0.3 is 23.6 Å². The SMILES string of the molecule is CN1C(=O)[C@@H]2[C@@H](CC(CO[Si](c3ccccc3)(c3ccccc3)C(C)(C)C)=C3[C@@H](CC/C(=C/c4ccc(CO)o4)c4ccccn4)OB(O)C[C@@H]32)C1=O. The second-order valence-electron chi connectivity index (χ2n) is 15.4. The van der Waals surface area contributed by atoms with E-state index in [0.717, 1.165) is 32.8 Å². The number of fused-ring (bicyclic) bond motifs is 3. The summed E-state index contributed by atoms with van der Waals surface area (Å²) in [5.74, 6) is -0.782. The van der Waals surface area contributed by atoms with Crippen LogP contribution in [0.25, 0.3) is 11.6 Å². The van der Waals surface area contributed by atoms with Crippen molar-refractivity contribution in [1.82, 2.24) is 9.88 Å². The summed E-state index contributed by atoms with van der Waals surface area (Å²) in [6.45, 7) is 6.78. The highest BCUT2D eigenvalue weighted by molar-refractivity contribution is 6.99. The fourth-order valence-electron chi connectivity index (χ4n) is 8.85. The van der Waals surface area contributed by atoms with Crippen molar-refractivity contribution in [2.45, 2.75) is 64.1 Å². The minimum atomic E-state index is -2.96. The van der Waals surface area contributed by atoms with Gasteiger partial charge in [-0.05, 0) is 94.0 Å². The number of benzene rings is 2. The Labute approximate surface area is 312 Å². The van der Waals surface area contributed by atoms with Crippen LogP contribution in [0.4, 0.5) is 0 Å². The fraction of sp³-hybridized carbons (Fsp3) is 0.357. The summed E-state index contributed by atoms with van der Waals surface area (Å²) in [4.78, 5) is 33.2. The van der Waals surface area contributed by atoms with Crippen LogP contribution in [-0.2, 0) is 25.3 Å². The van der Waals surface area contributed by atoms with Gasteiger partial charge in [0.15, 0.2) is 0 Å². The van der Waals surface area contributed by atoms with Crippen molar-refractivity contribution in [3.8, 4) is 0 Å². The molecule has 2 fully saturated rings. The number of aliphatic hydroxyl groups excluding tert-OH is 1. The van der Waals surface area contributed by atoms with Gasteiger partial charge in [0, 0.05) is 13.2 Å². The molecule has 0 unspecified atom stereocenters. The number of furan rings is 1. The van der Waals surface area contributed by atoms with Crippen molar-refractivity contribution in [3.05, 3.63) is 126 Å². The molecule has 274 valence electrons. The Morgan fingerprint density at radius 2 is 1.64 bits per heavy atom. The van der Waals surface area contributed by atoms with Crippen molar-refractivity contribution in [2.75, 3.05) is 13.7 Å². The normalized spacial score (nSPS) is 22.3. The molecular weight excluding hydrogens is 683 g/mol. The van der Waals surface area contributed by atoms with E-state index in [1.165, 1.54) is 4.90 Å². The smallest absolute Gasteiger partial charge is 0.455 e. The van der Waals surface area contributed by atoms with Gasteiger partial charge in [-0.25, -0.2) is 0 Å². The number of imide groups is 1. The maximum absolute atomic E-state index is 13.7. The number of hydrogen-bond donors (Lipinski definition) is 2. The maximum Gasteiger partial charge on any atom is 0.455 e. The van der Waals surface area contributed by atoms with Crippen molar-refractivity contribution >= 4 is 49.3 Å². The van der Waals surface area contributed by atoms with E-state index in [1.807, 2.05) is 42.5 Å². The van der Waals surface area contributed by atoms with Crippen molar-refractivity contribution < 1.29 is 33.2 Å². The van der Waals surface area contributed by atoms with Gasteiger partial charge in [0.1, 0.15) is 18.1 Å². The standard InChI is InChI=1S/C42H47BN2O7Si/c1-42(2,3)53(32-13-7-5-8-14-32,33-15-9-6-10-16-33)50-27-29-24-34-39(41(48)45(4)40(34)47)35-25-43(49)52-37(38(29)35)21-18-28(36-17-11-12-22-44-36)23-30-19-20-31(26-46)51-30/h5-17,19-20,22-23,34-35,37,39,46,49H,18,21,24-27H2,1-4H3/b28-23-/t34-,35+,37-,39-/m1/s1. The Morgan fingerprint density at radius 1 is 0.962 bits per heavy atom. The van der Waals surface area contributed by atoms with Gasteiger partial charge in [-0.3, -0.25) is 19.5 Å². The lowest BCUT2D eigenvalue weighted by molar-refractivity contribution is -0.138. The molecule has 4 heterocycles. The molecule has 2 saturated heterocycles. The number of nitrogens with zero attached hydrogens (tertiary/aromatic N) is 2. The number of aromatic nitrogens is 1. The van der Waals surface area contributed by atoms with Crippen molar-refractivity contribution in [3.63, 3.8) is 0 Å². The molecule has 4 atom stereocenters. The third kappa shape index (κ3) is 7.04. The van der Waals surface area contributed by atoms with Gasteiger partial charge >= 0.3 is 7.12 Å². The van der Waals surface area contributed by atoms with Crippen LogP contribution in [0.3, 0.4) is 0 Å². The third-order valence-electron chi connectivity index (χ3n) is 11.2. The second-order valence-corrected chi connectivity index (χ2v) is 19.7. The molecule has 0 saturated carbocycles. The van der Waals surface area contributed by atoms with Crippen LogP contribution in [0.5, 0.6) is 0 Å². The summed E-state index contributed by atoms with van der Waals surface area (Å²) >= 11 is 0. The molecule has 2 aromatic carbocycles. The fourth-order valence-corrected chi connectivity index (χ4v) is 13.4. The number of allylic oxidation sites excluding steroid dienone is 1. The first kappa shape index (κ1) is 36.9. The highest BCUT2D eigenvalue weighted by atomic mass is 28.4. The number of rotatable bonds is 11. The maximum atomic E-state index is 13.7. The molecule has 2 N–H and O–H groups in total. The molecule has 11 heteroatoms. The number of carbonyl (C=O) groups is 2. The highest BCUT2D eigenvalue weighted by Gasteiger charge is 2.57. The van der Waals surface area contributed by atoms with E-state index in [2.05, 4.69) is 74.3 Å². The number of likely N-dealkylation sites (tertiary alicyclic amines) is 1. The molecule has 0 radical (unpaired) electrons. The van der Waals surface area contributed by atoms with Crippen molar-refractivity contribution in [1.29, 1.82) is 0 Å². The van der Waals surface area contributed by atoms with Crippen LogP contribution < -0.4 is 10.4 Å². The highest BCUT2D eigenvalue weighted by Crippen LogP contribution is 2.51. The van der Waals surface area contributed by atoms with Crippen LogP contribution in [0.15, 0.2) is 113 Å². The van der Waals surface area contributed by atoms with Crippen LogP contribution in [0, 0.1) is 17.8 Å². The minimum Gasteiger partial charge on any atom is -0.459 e. The van der Waals surface area contributed by atoms with E-state index in [1.54, 1.807) is 19.3 Å². The molecule has 2 aliphatic heterocycles. The van der Waals surface area contributed by atoms with Gasteiger partial charge in [0.05, 0.1) is 30.2 Å². The molecule has 0 spiro atoms. The summed E-state index contributed by atoms with van der Waals surface area (Å²) in [5.41, 5.74) is 3.61. The van der Waals surface area contributed by atoms with E-state index in [4.69, 9.17) is 13.5 Å². The zero-order chi connectivity index (χ0) is 37.3. The largest absolute Gasteiger partial charge is 0.459 e. The van der Waals surface area contributed by atoms with E-state index in [0.29, 0.717) is 30.8 Å². The van der Waals surface area contributed by atoms with Gasteiger partial charge in [-0.2, -0.15) is 0 Å². The van der Waals surface area contributed by atoms with Crippen LogP contribution >= 0.6 is 0 Å². The van der Waals surface area contributed by atoms with Crippen LogP contribution in [-0.4, -0.2) is 67.0 Å². The molecule has 9 nitrogen and oxygen atoms in total. The number of carbonyl (C=O) groups excluding carboxylic acids is 2. The van der Waals surface area contributed by atoms with E-state index in [9.17, 15) is 19.7 Å². The summed E-state index contributed by atoms with van der Waals surface area (Å²) in [6, 6.07) is 30.2. The number of pyridine rings is 1. The summed E-state index contributed by atoms with van der Waals surface area (Å²) in [7, 11) is -2.49. The number of amides is 2. The summed E-state index contributed by atoms with van der Waals surface area (Å²) < 4.78 is 19.7. The Hall–Kier alpha value is -4.39. The van der Waals surface area contributed by atoms with Crippen LogP contribution in [0.2, 0.25) is 11.4 Å². The average molecular weight is 731 g/mol. The first-order chi connectivity index (χ1) is 25.5. The lowest BCUT2D eigenvalue weighted by Crippen LogP contribution is -2.66. The monoisotopic (exact) mass is 730 g/mol. The Morgan fingerprint density at radius 3 is 2.25 bits per heavy atom. The third-order valence-corrected chi connectivity index (χ3v) is 16.2. The zero-order valence-electron chi connectivity index (χ0n) is 30.8. The van der Waals surface area contributed by atoms with Gasteiger partial charge in [-0.15, -0.1) is 0 Å². The molecule has 7 rings (SSSR count). The first-order valence-electron chi connectivity index (χ1n) is 18.4. The van der Waals surface area contributed by atoms with E-state index >= 15 is 0 Å².